The quantitative estimate of drug-likeness (QED) is 0.794. The Morgan fingerprint density at radius 1 is 1.19 bits per heavy atom. The maximum absolute atomic E-state index is 12.7. The van der Waals surface area contributed by atoms with Crippen LogP contribution in [0.5, 0.6) is 0 Å². The third-order valence-corrected chi connectivity index (χ3v) is 7.60. The van der Waals surface area contributed by atoms with E-state index in [1.807, 2.05) is 16.8 Å². The lowest BCUT2D eigenvalue weighted by atomic mass is 9.91. The van der Waals surface area contributed by atoms with Crippen molar-refractivity contribution in [3.05, 3.63) is 36.3 Å². The molecule has 2 bridgehead atoms. The van der Waals surface area contributed by atoms with E-state index in [9.17, 15) is 13.2 Å². The summed E-state index contributed by atoms with van der Waals surface area (Å²) < 4.78 is 26.0. The maximum Gasteiger partial charge on any atom is 0.166 e. The summed E-state index contributed by atoms with van der Waals surface area (Å²) in [5, 5.41) is -0.610. The molecule has 21 heavy (non-hydrogen) atoms. The Labute approximate surface area is 122 Å². The van der Waals surface area contributed by atoms with Crippen LogP contribution >= 0.6 is 0 Å². The standard InChI is InChI=1S/C15H16N2O3S/c18-15(10-3-5-17-6-4-16-14(17)9-10)11-7-12-1-2-13(8-11)21(12,19)20/h3-6,9,11-13H,1-2,7-8H2. The van der Waals surface area contributed by atoms with E-state index < -0.39 is 9.84 Å². The number of aromatic nitrogens is 2. The SMILES string of the molecule is O=C(c1ccn2ccnc2c1)C1CC2CCC(C1)S2(=O)=O. The predicted octanol–water partition coefficient (Wildman–Crippen LogP) is 1.87. The van der Waals surface area contributed by atoms with Gasteiger partial charge in [-0.3, -0.25) is 4.79 Å². The summed E-state index contributed by atoms with van der Waals surface area (Å²) in [6.45, 7) is 0. The zero-order valence-corrected chi connectivity index (χ0v) is 12.3. The first-order chi connectivity index (χ1) is 10.1. The van der Waals surface area contributed by atoms with Crippen molar-refractivity contribution in [3.63, 3.8) is 0 Å². The Hall–Kier alpha value is -1.69. The second kappa shape index (κ2) is 4.40. The minimum absolute atomic E-state index is 0.0623. The molecule has 0 radical (unpaired) electrons. The van der Waals surface area contributed by atoms with Crippen molar-refractivity contribution in [3.8, 4) is 0 Å². The summed E-state index contributed by atoms with van der Waals surface area (Å²) in [4.78, 5) is 16.9. The highest BCUT2D eigenvalue weighted by Crippen LogP contribution is 2.42. The molecule has 2 aliphatic rings. The van der Waals surface area contributed by atoms with Gasteiger partial charge in [-0.25, -0.2) is 13.4 Å². The monoisotopic (exact) mass is 304 g/mol. The van der Waals surface area contributed by atoms with Crippen LogP contribution in [-0.2, 0) is 9.84 Å². The number of sulfone groups is 1. The summed E-state index contributed by atoms with van der Waals surface area (Å²) in [6.07, 6.45) is 7.75. The van der Waals surface area contributed by atoms with Gasteiger partial charge in [-0.05, 0) is 37.8 Å². The number of nitrogens with zero attached hydrogens (tertiary/aromatic N) is 2. The number of Topliss-reactive ketones (excluding diaryl/α,β-unsaturated/α-hetero) is 1. The molecule has 0 amide bonds. The van der Waals surface area contributed by atoms with Crippen LogP contribution < -0.4 is 0 Å². The van der Waals surface area contributed by atoms with Gasteiger partial charge in [0.25, 0.3) is 0 Å². The molecule has 0 saturated carbocycles. The van der Waals surface area contributed by atoms with Crippen molar-refractivity contribution < 1.29 is 13.2 Å². The average molecular weight is 304 g/mol. The molecule has 2 aromatic heterocycles. The Bertz CT molecular complexity index is 804. The molecule has 2 aromatic rings. The summed E-state index contributed by atoms with van der Waals surface area (Å²) in [5.41, 5.74) is 1.38. The number of imidazole rings is 1. The van der Waals surface area contributed by atoms with Crippen LogP contribution in [0.4, 0.5) is 0 Å². The number of carbonyl (C=O) groups is 1. The van der Waals surface area contributed by atoms with Gasteiger partial charge in [-0.2, -0.15) is 0 Å². The van der Waals surface area contributed by atoms with Crippen molar-refractivity contribution in [2.24, 2.45) is 5.92 Å². The molecule has 2 aliphatic heterocycles. The molecule has 4 rings (SSSR count). The highest BCUT2D eigenvalue weighted by Gasteiger charge is 2.48. The average Bonchev–Trinajstić information content (AvgIpc) is 2.94. The lowest BCUT2D eigenvalue weighted by molar-refractivity contribution is 0.0905. The number of carbonyl (C=O) groups excluding carboxylic acids is 1. The fourth-order valence-electron chi connectivity index (χ4n) is 3.72. The summed E-state index contributed by atoms with van der Waals surface area (Å²) >= 11 is 0. The van der Waals surface area contributed by atoms with E-state index in [0.29, 0.717) is 18.4 Å². The van der Waals surface area contributed by atoms with E-state index in [-0.39, 0.29) is 22.2 Å². The summed E-state index contributed by atoms with van der Waals surface area (Å²) in [5.74, 6) is -0.101. The predicted molar refractivity (Wildman–Crippen MR) is 78.0 cm³/mol. The first-order valence-corrected chi connectivity index (χ1v) is 8.86. The second-order valence-corrected chi connectivity index (χ2v) is 8.56. The van der Waals surface area contributed by atoms with Crippen LogP contribution in [0.1, 0.15) is 36.0 Å². The number of rotatable bonds is 2. The number of pyridine rings is 1. The van der Waals surface area contributed by atoms with E-state index in [1.54, 1.807) is 18.3 Å². The first-order valence-electron chi connectivity index (χ1n) is 7.25. The van der Waals surface area contributed by atoms with Gasteiger partial charge in [0.15, 0.2) is 15.6 Å². The molecule has 110 valence electrons. The molecule has 2 unspecified atom stereocenters. The van der Waals surface area contributed by atoms with E-state index in [4.69, 9.17) is 0 Å². The van der Waals surface area contributed by atoms with Crippen LogP contribution in [0.3, 0.4) is 0 Å². The van der Waals surface area contributed by atoms with Crippen LogP contribution in [0.25, 0.3) is 5.65 Å². The van der Waals surface area contributed by atoms with Crippen LogP contribution in [-0.4, -0.2) is 34.1 Å². The Morgan fingerprint density at radius 3 is 2.62 bits per heavy atom. The zero-order valence-electron chi connectivity index (χ0n) is 11.5. The van der Waals surface area contributed by atoms with Gasteiger partial charge in [0.05, 0.1) is 10.5 Å². The molecule has 6 heteroatoms. The van der Waals surface area contributed by atoms with Gasteiger partial charge in [0.2, 0.25) is 0 Å². The van der Waals surface area contributed by atoms with E-state index >= 15 is 0 Å². The minimum atomic E-state index is -2.97. The molecular weight excluding hydrogens is 288 g/mol. The van der Waals surface area contributed by atoms with Gasteiger partial charge < -0.3 is 4.40 Å². The van der Waals surface area contributed by atoms with Crippen molar-refractivity contribution in [1.29, 1.82) is 0 Å². The van der Waals surface area contributed by atoms with E-state index in [2.05, 4.69) is 4.98 Å². The lowest BCUT2D eigenvalue weighted by Crippen LogP contribution is -2.36. The van der Waals surface area contributed by atoms with Gasteiger partial charge in [0, 0.05) is 30.1 Å². The van der Waals surface area contributed by atoms with Crippen LogP contribution in [0.2, 0.25) is 0 Å². The Kier molecular flexibility index (Phi) is 2.73. The van der Waals surface area contributed by atoms with Gasteiger partial charge in [-0.1, -0.05) is 0 Å². The van der Waals surface area contributed by atoms with Gasteiger partial charge >= 0.3 is 0 Å². The lowest BCUT2D eigenvalue weighted by Gasteiger charge is -2.26. The topological polar surface area (TPSA) is 68.5 Å². The summed E-state index contributed by atoms with van der Waals surface area (Å²) in [7, 11) is -2.97. The number of hydrogen-bond acceptors (Lipinski definition) is 4. The van der Waals surface area contributed by atoms with Crippen LogP contribution in [0, 0.1) is 5.92 Å². The molecule has 2 atom stereocenters. The highest BCUT2D eigenvalue weighted by atomic mass is 32.2. The Morgan fingerprint density at radius 2 is 1.90 bits per heavy atom. The van der Waals surface area contributed by atoms with Crippen molar-refractivity contribution >= 4 is 21.3 Å². The second-order valence-electron chi connectivity index (χ2n) is 6.05. The Balaban J connectivity index is 1.63. The van der Waals surface area contributed by atoms with E-state index in [0.717, 1.165) is 18.5 Å². The molecule has 0 spiro atoms. The molecule has 2 fully saturated rings. The van der Waals surface area contributed by atoms with Crippen LogP contribution in [0.15, 0.2) is 30.7 Å². The third-order valence-electron chi connectivity index (χ3n) is 4.89. The largest absolute Gasteiger partial charge is 0.307 e. The molecular formula is C15H16N2O3S. The first kappa shape index (κ1) is 13.0. The smallest absolute Gasteiger partial charge is 0.166 e. The van der Waals surface area contributed by atoms with Gasteiger partial charge in [-0.15, -0.1) is 0 Å². The molecule has 2 saturated heterocycles. The molecule has 0 N–H and O–H groups in total. The maximum atomic E-state index is 12.7. The van der Waals surface area contributed by atoms with E-state index in [1.165, 1.54) is 0 Å². The molecule has 5 nitrogen and oxygen atoms in total. The normalized spacial score (nSPS) is 30.6. The van der Waals surface area contributed by atoms with Crippen molar-refractivity contribution in [1.82, 2.24) is 9.38 Å². The van der Waals surface area contributed by atoms with Crippen molar-refractivity contribution in [2.75, 3.05) is 0 Å². The number of hydrogen-bond donors (Lipinski definition) is 0. The fourth-order valence-corrected chi connectivity index (χ4v) is 6.20. The van der Waals surface area contributed by atoms with Crippen molar-refractivity contribution in [2.45, 2.75) is 36.2 Å². The third kappa shape index (κ3) is 1.92. The minimum Gasteiger partial charge on any atom is -0.307 e. The molecule has 0 aromatic carbocycles. The molecule has 4 heterocycles. The molecule has 0 aliphatic carbocycles. The number of fused-ring (bicyclic) bond motifs is 3. The zero-order chi connectivity index (χ0) is 14.6. The fraction of sp³-hybridized carbons (Fsp3) is 0.467. The summed E-state index contributed by atoms with van der Waals surface area (Å²) in [6, 6.07) is 3.58. The van der Waals surface area contributed by atoms with Gasteiger partial charge in [0.1, 0.15) is 5.65 Å². The number of ketones is 1. The highest BCUT2D eigenvalue weighted by molar-refractivity contribution is 7.93.